The van der Waals surface area contributed by atoms with Crippen molar-refractivity contribution in [3.8, 4) is 56.4 Å². The van der Waals surface area contributed by atoms with Gasteiger partial charge in [0.1, 0.15) is 0 Å². The van der Waals surface area contributed by atoms with E-state index in [1.54, 1.807) is 0 Å². The Bertz CT molecular complexity index is 3590. The summed E-state index contributed by atoms with van der Waals surface area (Å²) in [4.78, 5) is 10.9. The first-order valence-electron chi connectivity index (χ1n) is 21.7. The van der Waals surface area contributed by atoms with Crippen LogP contribution in [-0.4, -0.2) is 19.1 Å². The Kier molecular flexibility index (Phi) is 7.62. The molecule has 0 atom stereocenters. The van der Waals surface area contributed by atoms with Crippen LogP contribution in [0.3, 0.4) is 0 Å². The van der Waals surface area contributed by atoms with Gasteiger partial charge in [0.25, 0.3) is 0 Å². The van der Waals surface area contributed by atoms with Gasteiger partial charge in [-0.1, -0.05) is 159 Å². The van der Waals surface area contributed by atoms with Crippen molar-refractivity contribution in [2.45, 2.75) is 19.3 Å². The molecule has 0 saturated heterocycles. The zero-order chi connectivity index (χ0) is 41.8. The van der Waals surface area contributed by atoms with Gasteiger partial charge in [0.15, 0.2) is 5.82 Å². The molecule has 0 radical (unpaired) electrons. The highest BCUT2D eigenvalue weighted by molar-refractivity contribution is 6.11. The van der Waals surface area contributed by atoms with Gasteiger partial charge < -0.3 is 9.13 Å². The van der Waals surface area contributed by atoms with Crippen LogP contribution in [0.15, 0.2) is 206 Å². The molecule has 3 heterocycles. The standard InChI is InChI=1S/C59H40N4/c1-59(2)49-26-16-25-47(57(49)48-33-38-19-6-7-20-39(38)34-50(48)59)52-36-51(60-58(61-52)37-17-4-3-5-18-37)40-31-41(62-53-27-12-8-21-43(53)44-22-9-13-28-54(44)62)35-42(32-40)63-55-29-14-10-23-45(55)46-24-11-15-30-56(46)63/h3-36H,1-2H3. The first kappa shape index (κ1) is 35.7. The first-order chi connectivity index (χ1) is 31.0. The van der Waals surface area contributed by atoms with Crippen LogP contribution < -0.4 is 0 Å². The molecule has 0 aliphatic heterocycles. The van der Waals surface area contributed by atoms with E-state index in [9.17, 15) is 0 Å². The third-order valence-electron chi connectivity index (χ3n) is 13.5. The van der Waals surface area contributed by atoms with E-state index in [0.717, 1.165) is 61.5 Å². The number of fused-ring (bicyclic) bond motifs is 10. The van der Waals surface area contributed by atoms with Gasteiger partial charge in [-0.15, -0.1) is 0 Å². The van der Waals surface area contributed by atoms with Gasteiger partial charge in [-0.05, 0) is 93.7 Å². The maximum absolute atomic E-state index is 5.47. The Hall–Kier alpha value is -8.08. The zero-order valence-corrected chi connectivity index (χ0v) is 34.9. The topological polar surface area (TPSA) is 35.6 Å². The Morgan fingerprint density at radius 2 is 0.857 bits per heavy atom. The summed E-state index contributed by atoms with van der Waals surface area (Å²) >= 11 is 0. The van der Waals surface area contributed by atoms with Crippen molar-refractivity contribution in [3.63, 3.8) is 0 Å². The molecule has 0 N–H and O–H groups in total. The van der Waals surface area contributed by atoms with Crippen LogP contribution in [-0.2, 0) is 5.41 Å². The molecule has 12 aromatic rings. The molecule has 9 aromatic carbocycles. The fourth-order valence-electron chi connectivity index (χ4n) is 10.5. The number of hydrogen-bond acceptors (Lipinski definition) is 2. The van der Waals surface area contributed by atoms with Crippen LogP contribution in [0.25, 0.3) is 111 Å². The Labute approximate surface area is 365 Å². The molecule has 1 aliphatic rings. The van der Waals surface area contributed by atoms with E-state index in [1.165, 1.54) is 54.6 Å². The summed E-state index contributed by atoms with van der Waals surface area (Å²) in [5.41, 5.74) is 16.6. The average Bonchev–Trinajstić information content (AvgIpc) is 3.94. The number of para-hydroxylation sites is 4. The minimum Gasteiger partial charge on any atom is -0.309 e. The number of hydrogen-bond donors (Lipinski definition) is 0. The zero-order valence-electron chi connectivity index (χ0n) is 34.9. The third kappa shape index (κ3) is 5.34. The van der Waals surface area contributed by atoms with Crippen LogP contribution in [0, 0.1) is 0 Å². The molecule has 3 aromatic heterocycles. The second-order valence-corrected chi connectivity index (χ2v) is 17.4. The minimum atomic E-state index is -0.184. The molecule has 63 heavy (non-hydrogen) atoms. The quantitative estimate of drug-likeness (QED) is 0.174. The summed E-state index contributed by atoms with van der Waals surface area (Å²) in [7, 11) is 0. The van der Waals surface area contributed by atoms with Gasteiger partial charge in [0, 0.05) is 55.0 Å². The lowest BCUT2D eigenvalue weighted by atomic mass is 9.81. The van der Waals surface area contributed by atoms with Crippen molar-refractivity contribution < 1.29 is 0 Å². The molecule has 13 rings (SSSR count). The van der Waals surface area contributed by atoms with Crippen molar-refractivity contribution in [3.05, 3.63) is 217 Å². The second-order valence-electron chi connectivity index (χ2n) is 17.4. The summed E-state index contributed by atoms with van der Waals surface area (Å²) < 4.78 is 4.83. The summed E-state index contributed by atoms with van der Waals surface area (Å²) in [6.07, 6.45) is 0. The Balaban J connectivity index is 1.11. The van der Waals surface area contributed by atoms with Crippen LogP contribution in [0.2, 0.25) is 0 Å². The highest BCUT2D eigenvalue weighted by Crippen LogP contribution is 2.53. The van der Waals surface area contributed by atoms with Crippen LogP contribution in [0.4, 0.5) is 0 Å². The smallest absolute Gasteiger partial charge is 0.160 e. The lowest BCUT2D eigenvalue weighted by Gasteiger charge is -2.22. The van der Waals surface area contributed by atoms with Crippen molar-refractivity contribution in [1.82, 2.24) is 19.1 Å². The molecule has 0 spiro atoms. The van der Waals surface area contributed by atoms with E-state index in [-0.39, 0.29) is 5.41 Å². The molecule has 1 aliphatic carbocycles. The Morgan fingerprint density at radius 1 is 0.365 bits per heavy atom. The van der Waals surface area contributed by atoms with Crippen molar-refractivity contribution in [2.24, 2.45) is 0 Å². The molecular formula is C59H40N4. The normalized spacial score (nSPS) is 13.0. The molecule has 0 saturated carbocycles. The van der Waals surface area contributed by atoms with Crippen molar-refractivity contribution in [2.75, 3.05) is 0 Å². The summed E-state index contributed by atoms with van der Waals surface area (Å²) in [6, 6.07) is 74.8. The lowest BCUT2D eigenvalue weighted by Crippen LogP contribution is -2.14. The lowest BCUT2D eigenvalue weighted by molar-refractivity contribution is 0.661. The largest absolute Gasteiger partial charge is 0.309 e. The van der Waals surface area contributed by atoms with E-state index in [4.69, 9.17) is 9.97 Å². The van der Waals surface area contributed by atoms with Crippen LogP contribution in [0.1, 0.15) is 25.0 Å². The fraction of sp³-hybridized carbons (Fsp3) is 0.0508. The summed E-state index contributed by atoms with van der Waals surface area (Å²) in [6.45, 7) is 4.71. The molecule has 0 bridgehead atoms. The second kappa shape index (κ2) is 13.5. The summed E-state index contributed by atoms with van der Waals surface area (Å²) in [5, 5.41) is 7.39. The van der Waals surface area contributed by atoms with Crippen molar-refractivity contribution in [1.29, 1.82) is 0 Å². The van der Waals surface area contributed by atoms with Crippen LogP contribution in [0.5, 0.6) is 0 Å². The molecule has 296 valence electrons. The Morgan fingerprint density at radius 3 is 1.43 bits per heavy atom. The predicted octanol–water partition coefficient (Wildman–Crippen LogP) is 15.1. The molecular weight excluding hydrogens is 765 g/mol. The maximum atomic E-state index is 5.47. The van der Waals surface area contributed by atoms with Gasteiger partial charge in [-0.3, -0.25) is 0 Å². The van der Waals surface area contributed by atoms with E-state index in [0.29, 0.717) is 5.82 Å². The molecule has 0 unspecified atom stereocenters. The number of nitrogens with zero attached hydrogens (tertiary/aromatic N) is 4. The van der Waals surface area contributed by atoms with E-state index < -0.39 is 0 Å². The monoisotopic (exact) mass is 804 g/mol. The van der Waals surface area contributed by atoms with Gasteiger partial charge >= 0.3 is 0 Å². The van der Waals surface area contributed by atoms with Gasteiger partial charge in [-0.2, -0.15) is 0 Å². The van der Waals surface area contributed by atoms with E-state index in [2.05, 4.69) is 229 Å². The summed E-state index contributed by atoms with van der Waals surface area (Å²) in [5.74, 6) is 0.692. The molecule has 4 nitrogen and oxygen atoms in total. The number of rotatable bonds is 5. The first-order valence-corrected chi connectivity index (χ1v) is 21.7. The molecule has 0 fully saturated rings. The molecule has 0 amide bonds. The van der Waals surface area contributed by atoms with E-state index >= 15 is 0 Å². The molecule has 4 heteroatoms. The minimum absolute atomic E-state index is 0.184. The van der Waals surface area contributed by atoms with Crippen LogP contribution >= 0.6 is 0 Å². The third-order valence-corrected chi connectivity index (χ3v) is 13.5. The SMILES string of the molecule is CC1(C)c2cc3ccccc3cc2-c2c(-c3cc(-c4cc(-n5c6ccccc6c6ccccc65)cc(-n5c6ccccc6c6ccccc65)c4)nc(-c4ccccc4)n3)cccc21. The van der Waals surface area contributed by atoms with E-state index in [1.807, 2.05) is 0 Å². The van der Waals surface area contributed by atoms with Gasteiger partial charge in [0.2, 0.25) is 0 Å². The number of benzene rings is 9. The van der Waals surface area contributed by atoms with Gasteiger partial charge in [0.05, 0.1) is 33.5 Å². The van der Waals surface area contributed by atoms with Crippen molar-refractivity contribution >= 4 is 54.4 Å². The average molecular weight is 805 g/mol. The van der Waals surface area contributed by atoms with Gasteiger partial charge in [-0.25, -0.2) is 9.97 Å². The highest BCUT2D eigenvalue weighted by Gasteiger charge is 2.37. The highest BCUT2D eigenvalue weighted by atomic mass is 15.0. The predicted molar refractivity (Wildman–Crippen MR) is 262 cm³/mol. The number of aromatic nitrogens is 4. The fourth-order valence-corrected chi connectivity index (χ4v) is 10.5. The maximum Gasteiger partial charge on any atom is 0.160 e.